The van der Waals surface area contributed by atoms with E-state index in [9.17, 15) is 4.79 Å². The number of Topliss-reactive ketones (excluding diaryl/α,β-unsaturated/α-hetero) is 1. The molecular weight excluding hydrogens is 206 g/mol. The van der Waals surface area contributed by atoms with E-state index in [1.165, 1.54) is 0 Å². The summed E-state index contributed by atoms with van der Waals surface area (Å²) in [7, 11) is 4.02. The maximum absolute atomic E-state index is 11.2. The van der Waals surface area contributed by atoms with Crippen molar-refractivity contribution in [1.29, 1.82) is 0 Å². The Balaban J connectivity index is 3.13. The van der Waals surface area contributed by atoms with E-state index in [0.29, 0.717) is 26.2 Å². The van der Waals surface area contributed by atoms with E-state index in [-0.39, 0.29) is 11.7 Å². The summed E-state index contributed by atoms with van der Waals surface area (Å²) in [5.41, 5.74) is 0. The molecule has 0 aromatic carbocycles. The van der Waals surface area contributed by atoms with Crippen LogP contribution in [0.25, 0.3) is 0 Å². The maximum Gasteiger partial charge on any atom is 0.137 e. The molecule has 0 aliphatic carbocycles. The van der Waals surface area contributed by atoms with Crippen LogP contribution in [0.15, 0.2) is 0 Å². The van der Waals surface area contributed by atoms with Crippen molar-refractivity contribution in [3.63, 3.8) is 0 Å². The molecule has 0 atom stereocenters. The van der Waals surface area contributed by atoms with E-state index >= 15 is 0 Å². The van der Waals surface area contributed by atoms with E-state index in [1.807, 2.05) is 27.9 Å². The summed E-state index contributed by atoms with van der Waals surface area (Å²) >= 11 is 0. The average Bonchev–Trinajstić information content (AvgIpc) is 2.21. The second-order valence-corrected chi connectivity index (χ2v) is 4.40. The Kier molecular flexibility index (Phi) is 9.48. The van der Waals surface area contributed by atoms with E-state index in [2.05, 4.69) is 4.90 Å². The van der Waals surface area contributed by atoms with Crippen LogP contribution in [-0.4, -0.2) is 57.8 Å². The molecule has 0 spiro atoms. The quantitative estimate of drug-likeness (QED) is 0.530. The molecule has 0 saturated heterocycles. The fourth-order valence-electron chi connectivity index (χ4n) is 1.03. The highest BCUT2D eigenvalue weighted by molar-refractivity contribution is 5.80. The minimum Gasteiger partial charge on any atom is -0.379 e. The largest absolute Gasteiger partial charge is 0.379 e. The standard InChI is InChI=1S/C12H25NO3/c1-11(2)12(14)5-7-15-9-10-16-8-6-13(3)4/h11H,5-10H2,1-4H3. The molecule has 0 amide bonds. The fourth-order valence-corrected chi connectivity index (χ4v) is 1.03. The second kappa shape index (κ2) is 9.75. The Morgan fingerprint density at radius 3 is 2.12 bits per heavy atom. The van der Waals surface area contributed by atoms with E-state index < -0.39 is 0 Å². The van der Waals surface area contributed by atoms with Crippen molar-refractivity contribution in [1.82, 2.24) is 4.90 Å². The monoisotopic (exact) mass is 231 g/mol. The van der Waals surface area contributed by atoms with Crippen LogP contribution in [0.4, 0.5) is 0 Å². The first-order valence-electron chi connectivity index (χ1n) is 5.87. The van der Waals surface area contributed by atoms with Crippen LogP contribution in [0.1, 0.15) is 20.3 Å². The molecule has 0 N–H and O–H groups in total. The van der Waals surface area contributed by atoms with Crippen LogP contribution in [0.2, 0.25) is 0 Å². The Morgan fingerprint density at radius 1 is 1.06 bits per heavy atom. The van der Waals surface area contributed by atoms with Crippen molar-refractivity contribution in [2.75, 3.05) is 47.1 Å². The summed E-state index contributed by atoms with van der Waals surface area (Å²) in [6, 6.07) is 0. The summed E-state index contributed by atoms with van der Waals surface area (Å²) in [5.74, 6) is 0.369. The van der Waals surface area contributed by atoms with Crippen molar-refractivity contribution in [3.8, 4) is 0 Å². The molecule has 0 aromatic rings. The van der Waals surface area contributed by atoms with Crippen LogP contribution in [0, 0.1) is 5.92 Å². The van der Waals surface area contributed by atoms with Gasteiger partial charge in [-0.25, -0.2) is 0 Å². The van der Waals surface area contributed by atoms with Gasteiger partial charge in [-0.1, -0.05) is 13.8 Å². The summed E-state index contributed by atoms with van der Waals surface area (Å²) in [6.07, 6.45) is 0.509. The van der Waals surface area contributed by atoms with Gasteiger partial charge in [-0.05, 0) is 14.1 Å². The van der Waals surface area contributed by atoms with E-state index in [4.69, 9.17) is 9.47 Å². The van der Waals surface area contributed by atoms with Crippen molar-refractivity contribution < 1.29 is 14.3 Å². The molecule has 0 aliphatic rings. The molecule has 16 heavy (non-hydrogen) atoms. The van der Waals surface area contributed by atoms with Crippen LogP contribution in [0.3, 0.4) is 0 Å². The first kappa shape index (κ1) is 15.6. The van der Waals surface area contributed by atoms with Crippen molar-refractivity contribution in [2.24, 2.45) is 5.92 Å². The molecule has 0 fully saturated rings. The van der Waals surface area contributed by atoms with E-state index in [0.717, 1.165) is 13.2 Å². The van der Waals surface area contributed by atoms with Crippen molar-refractivity contribution in [3.05, 3.63) is 0 Å². The van der Waals surface area contributed by atoms with Crippen molar-refractivity contribution in [2.45, 2.75) is 20.3 Å². The molecule has 0 unspecified atom stereocenters. The molecule has 0 bridgehead atoms. The second-order valence-electron chi connectivity index (χ2n) is 4.40. The molecule has 4 heteroatoms. The zero-order valence-corrected chi connectivity index (χ0v) is 11.0. The average molecular weight is 231 g/mol. The number of ketones is 1. The Morgan fingerprint density at radius 2 is 1.62 bits per heavy atom. The van der Waals surface area contributed by atoms with Gasteiger partial charge in [0.2, 0.25) is 0 Å². The number of hydrogen-bond donors (Lipinski definition) is 0. The SMILES string of the molecule is CC(C)C(=O)CCOCCOCCN(C)C. The van der Waals surface area contributed by atoms with Gasteiger partial charge in [0, 0.05) is 18.9 Å². The normalized spacial score (nSPS) is 11.4. The fraction of sp³-hybridized carbons (Fsp3) is 0.917. The molecule has 0 aliphatic heterocycles. The van der Waals surface area contributed by atoms with Gasteiger partial charge in [0.25, 0.3) is 0 Å². The lowest BCUT2D eigenvalue weighted by Crippen LogP contribution is -2.19. The number of carbonyl (C=O) groups is 1. The minimum atomic E-state index is 0.111. The third kappa shape index (κ3) is 10.1. The van der Waals surface area contributed by atoms with Crippen LogP contribution in [0.5, 0.6) is 0 Å². The molecule has 0 saturated carbocycles. The molecule has 0 heterocycles. The van der Waals surface area contributed by atoms with Gasteiger partial charge in [-0.15, -0.1) is 0 Å². The van der Waals surface area contributed by atoms with Gasteiger partial charge in [0.1, 0.15) is 5.78 Å². The number of hydrogen-bond acceptors (Lipinski definition) is 4. The predicted molar refractivity (Wildman–Crippen MR) is 64.7 cm³/mol. The highest BCUT2D eigenvalue weighted by Crippen LogP contribution is 1.98. The number of likely N-dealkylation sites (N-methyl/N-ethyl adjacent to an activating group) is 1. The molecule has 0 aromatic heterocycles. The van der Waals surface area contributed by atoms with Gasteiger partial charge in [0.05, 0.1) is 26.4 Å². The smallest absolute Gasteiger partial charge is 0.137 e. The Hall–Kier alpha value is -0.450. The number of nitrogens with zero attached hydrogens (tertiary/aromatic N) is 1. The van der Waals surface area contributed by atoms with Crippen LogP contribution in [-0.2, 0) is 14.3 Å². The van der Waals surface area contributed by atoms with Gasteiger partial charge < -0.3 is 14.4 Å². The summed E-state index contributed by atoms with van der Waals surface area (Å²) < 4.78 is 10.6. The van der Waals surface area contributed by atoms with Crippen LogP contribution >= 0.6 is 0 Å². The highest BCUT2D eigenvalue weighted by atomic mass is 16.5. The Bertz CT molecular complexity index is 181. The lowest BCUT2D eigenvalue weighted by Gasteiger charge is -2.10. The third-order valence-electron chi connectivity index (χ3n) is 2.19. The molecule has 96 valence electrons. The topological polar surface area (TPSA) is 38.8 Å². The molecule has 0 rings (SSSR count). The predicted octanol–water partition coefficient (Wildman–Crippen LogP) is 1.20. The summed E-state index contributed by atoms with van der Waals surface area (Å²) in [5, 5.41) is 0. The van der Waals surface area contributed by atoms with Crippen LogP contribution < -0.4 is 0 Å². The lowest BCUT2D eigenvalue weighted by molar-refractivity contribution is -0.123. The van der Waals surface area contributed by atoms with E-state index in [1.54, 1.807) is 0 Å². The van der Waals surface area contributed by atoms with Gasteiger partial charge in [0.15, 0.2) is 0 Å². The summed E-state index contributed by atoms with van der Waals surface area (Å²) in [4.78, 5) is 13.3. The number of ether oxygens (including phenoxy) is 2. The van der Waals surface area contributed by atoms with Gasteiger partial charge in [-0.3, -0.25) is 4.79 Å². The molecule has 0 radical (unpaired) electrons. The maximum atomic E-state index is 11.2. The molecular formula is C12H25NO3. The third-order valence-corrected chi connectivity index (χ3v) is 2.19. The Labute approximate surface area is 98.9 Å². The zero-order chi connectivity index (χ0) is 12.4. The van der Waals surface area contributed by atoms with Crippen molar-refractivity contribution >= 4 is 5.78 Å². The summed E-state index contributed by atoms with van der Waals surface area (Å²) in [6.45, 7) is 7.14. The number of rotatable bonds is 10. The first-order valence-corrected chi connectivity index (χ1v) is 5.87. The first-order chi connectivity index (χ1) is 7.54. The zero-order valence-electron chi connectivity index (χ0n) is 11.0. The van der Waals surface area contributed by atoms with Gasteiger partial charge >= 0.3 is 0 Å². The minimum absolute atomic E-state index is 0.111. The number of carbonyl (C=O) groups excluding carboxylic acids is 1. The van der Waals surface area contributed by atoms with Gasteiger partial charge in [-0.2, -0.15) is 0 Å². The highest BCUT2D eigenvalue weighted by Gasteiger charge is 2.05. The molecule has 4 nitrogen and oxygen atoms in total. The lowest BCUT2D eigenvalue weighted by atomic mass is 10.1.